The summed E-state index contributed by atoms with van der Waals surface area (Å²) >= 11 is 0. The number of hydrogen-bond donors (Lipinski definition) is 2. The monoisotopic (exact) mass is 262 g/mol. The number of nitrogens with one attached hydrogen (secondary N) is 2. The molecule has 1 saturated heterocycles. The Morgan fingerprint density at radius 1 is 1.59 bits per heavy atom. The Kier molecular flexibility index (Phi) is 7.43. The van der Waals surface area contributed by atoms with Gasteiger partial charge in [0.05, 0.1) is 0 Å². The summed E-state index contributed by atoms with van der Waals surface area (Å²) in [6.07, 6.45) is 4.06. The highest BCUT2D eigenvalue weighted by molar-refractivity contribution is 5.85. The topological polar surface area (TPSA) is 50.4 Å². The first-order chi connectivity index (χ1) is 7.64. The molecule has 4 nitrogen and oxygen atoms in total. The number of carbonyl (C=O) groups excluding carboxylic acids is 1. The number of halogens is 1. The zero-order valence-corrected chi connectivity index (χ0v) is 11.4. The van der Waals surface area contributed by atoms with Crippen LogP contribution in [0.2, 0.25) is 0 Å². The number of hydrogen-bond acceptors (Lipinski definition) is 3. The van der Waals surface area contributed by atoms with Crippen molar-refractivity contribution in [3.05, 3.63) is 12.7 Å². The van der Waals surface area contributed by atoms with Crippen LogP contribution in [0.4, 0.5) is 0 Å². The SMILES string of the molecule is C=CCC(C)NC(=O)C1(OC)CCNCC1.Cl. The van der Waals surface area contributed by atoms with Gasteiger partial charge in [-0.25, -0.2) is 0 Å². The molecule has 0 aromatic rings. The number of ether oxygens (including phenoxy) is 1. The van der Waals surface area contributed by atoms with Crippen molar-refractivity contribution in [1.82, 2.24) is 10.6 Å². The smallest absolute Gasteiger partial charge is 0.252 e. The third-order valence-electron chi connectivity index (χ3n) is 3.11. The summed E-state index contributed by atoms with van der Waals surface area (Å²) in [6.45, 7) is 7.30. The van der Waals surface area contributed by atoms with Crippen LogP contribution >= 0.6 is 12.4 Å². The molecule has 0 aromatic carbocycles. The molecule has 1 aliphatic rings. The molecule has 0 radical (unpaired) electrons. The summed E-state index contributed by atoms with van der Waals surface area (Å²) in [5.41, 5.74) is -0.638. The molecule has 0 aromatic heterocycles. The van der Waals surface area contributed by atoms with Gasteiger partial charge in [-0.15, -0.1) is 19.0 Å². The van der Waals surface area contributed by atoms with E-state index in [0.717, 1.165) is 32.4 Å². The molecule has 1 aliphatic heterocycles. The zero-order valence-electron chi connectivity index (χ0n) is 10.6. The average molecular weight is 263 g/mol. The van der Waals surface area contributed by atoms with Gasteiger partial charge in [-0.2, -0.15) is 0 Å². The molecule has 2 N–H and O–H groups in total. The summed E-state index contributed by atoms with van der Waals surface area (Å²) in [6, 6.07) is 0.118. The van der Waals surface area contributed by atoms with Crippen molar-refractivity contribution in [2.75, 3.05) is 20.2 Å². The minimum atomic E-state index is -0.638. The third-order valence-corrected chi connectivity index (χ3v) is 3.11. The van der Waals surface area contributed by atoms with Crippen LogP contribution in [0, 0.1) is 0 Å². The number of methoxy groups -OCH3 is 1. The maximum absolute atomic E-state index is 12.1. The summed E-state index contributed by atoms with van der Waals surface area (Å²) in [5.74, 6) is 0.00542. The Labute approximate surface area is 110 Å². The second-order valence-corrected chi connectivity index (χ2v) is 4.35. The number of piperidine rings is 1. The van der Waals surface area contributed by atoms with Gasteiger partial charge < -0.3 is 15.4 Å². The van der Waals surface area contributed by atoms with E-state index in [1.54, 1.807) is 7.11 Å². The van der Waals surface area contributed by atoms with Crippen LogP contribution in [-0.4, -0.2) is 37.7 Å². The van der Waals surface area contributed by atoms with Crippen molar-refractivity contribution < 1.29 is 9.53 Å². The van der Waals surface area contributed by atoms with Gasteiger partial charge in [-0.3, -0.25) is 4.79 Å². The highest BCUT2D eigenvalue weighted by Crippen LogP contribution is 2.22. The van der Waals surface area contributed by atoms with Gasteiger partial charge in [0.1, 0.15) is 5.60 Å². The van der Waals surface area contributed by atoms with Crippen LogP contribution in [-0.2, 0) is 9.53 Å². The average Bonchev–Trinajstić information content (AvgIpc) is 2.30. The molecule has 1 atom stereocenters. The molecular formula is C12H23ClN2O2. The molecule has 1 rings (SSSR count). The first-order valence-corrected chi connectivity index (χ1v) is 5.82. The van der Waals surface area contributed by atoms with E-state index in [0.29, 0.717) is 0 Å². The molecule has 1 heterocycles. The van der Waals surface area contributed by atoms with Crippen LogP contribution in [0.5, 0.6) is 0 Å². The first kappa shape index (κ1) is 16.4. The summed E-state index contributed by atoms with van der Waals surface area (Å²) in [4.78, 5) is 12.1. The lowest BCUT2D eigenvalue weighted by molar-refractivity contribution is -0.147. The molecule has 1 amide bonds. The Balaban J connectivity index is 0.00000256. The Morgan fingerprint density at radius 3 is 2.65 bits per heavy atom. The second kappa shape index (κ2) is 7.69. The fourth-order valence-corrected chi connectivity index (χ4v) is 2.02. The molecule has 17 heavy (non-hydrogen) atoms. The molecule has 100 valence electrons. The van der Waals surface area contributed by atoms with Gasteiger partial charge in [0.15, 0.2) is 0 Å². The van der Waals surface area contributed by atoms with E-state index in [9.17, 15) is 4.79 Å². The maximum atomic E-state index is 12.1. The van der Waals surface area contributed by atoms with Crippen LogP contribution in [0.1, 0.15) is 26.2 Å². The molecule has 0 bridgehead atoms. The van der Waals surface area contributed by atoms with E-state index < -0.39 is 5.60 Å². The molecule has 1 fully saturated rings. The molecule has 0 spiro atoms. The lowest BCUT2D eigenvalue weighted by Gasteiger charge is -2.35. The third kappa shape index (κ3) is 4.30. The van der Waals surface area contributed by atoms with Gasteiger partial charge >= 0.3 is 0 Å². The minimum absolute atomic E-state index is 0. The molecule has 5 heteroatoms. The fourth-order valence-electron chi connectivity index (χ4n) is 2.02. The van der Waals surface area contributed by atoms with Crippen molar-refractivity contribution in [3.63, 3.8) is 0 Å². The molecule has 0 saturated carbocycles. The molecular weight excluding hydrogens is 240 g/mol. The minimum Gasteiger partial charge on any atom is -0.368 e. The first-order valence-electron chi connectivity index (χ1n) is 5.82. The van der Waals surface area contributed by atoms with Crippen molar-refractivity contribution in [2.45, 2.75) is 37.8 Å². The van der Waals surface area contributed by atoms with Gasteiger partial charge in [0.2, 0.25) is 0 Å². The lowest BCUT2D eigenvalue weighted by Crippen LogP contribution is -2.55. The predicted octanol–water partition coefficient (Wildman–Crippen LogP) is 1.26. The van der Waals surface area contributed by atoms with E-state index in [1.807, 2.05) is 13.0 Å². The largest absolute Gasteiger partial charge is 0.368 e. The van der Waals surface area contributed by atoms with Crippen LogP contribution in [0.15, 0.2) is 12.7 Å². The second-order valence-electron chi connectivity index (χ2n) is 4.35. The highest BCUT2D eigenvalue weighted by Gasteiger charge is 2.39. The van der Waals surface area contributed by atoms with E-state index in [4.69, 9.17) is 4.74 Å². The quantitative estimate of drug-likeness (QED) is 0.734. The van der Waals surface area contributed by atoms with Crippen LogP contribution < -0.4 is 10.6 Å². The Morgan fingerprint density at radius 2 is 2.18 bits per heavy atom. The van der Waals surface area contributed by atoms with Gasteiger partial charge in [0, 0.05) is 13.2 Å². The normalized spacial score (nSPS) is 19.9. The number of amides is 1. The zero-order chi connectivity index (χ0) is 12.0. The van der Waals surface area contributed by atoms with Crippen molar-refractivity contribution in [3.8, 4) is 0 Å². The van der Waals surface area contributed by atoms with Gasteiger partial charge in [-0.1, -0.05) is 6.08 Å². The van der Waals surface area contributed by atoms with Gasteiger partial charge in [0.25, 0.3) is 5.91 Å². The molecule has 1 unspecified atom stereocenters. The Bertz CT molecular complexity index is 253. The number of carbonyl (C=O) groups is 1. The predicted molar refractivity (Wildman–Crippen MR) is 71.5 cm³/mol. The van der Waals surface area contributed by atoms with E-state index in [2.05, 4.69) is 17.2 Å². The standard InChI is InChI=1S/C12H22N2O2.ClH/c1-4-5-10(2)14-11(15)12(16-3)6-8-13-9-7-12;/h4,10,13H,1,5-9H2,2-3H3,(H,14,15);1H. The van der Waals surface area contributed by atoms with Crippen molar-refractivity contribution in [1.29, 1.82) is 0 Å². The summed E-state index contributed by atoms with van der Waals surface area (Å²) in [5, 5.41) is 6.21. The summed E-state index contributed by atoms with van der Waals surface area (Å²) < 4.78 is 5.44. The molecule has 0 aliphatic carbocycles. The van der Waals surface area contributed by atoms with Crippen LogP contribution in [0.25, 0.3) is 0 Å². The Hall–Kier alpha value is -0.580. The van der Waals surface area contributed by atoms with Crippen LogP contribution in [0.3, 0.4) is 0 Å². The summed E-state index contributed by atoms with van der Waals surface area (Å²) in [7, 11) is 1.61. The van der Waals surface area contributed by atoms with E-state index in [-0.39, 0.29) is 24.4 Å². The van der Waals surface area contributed by atoms with E-state index >= 15 is 0 Å². The van der Waals surface area contributed by atoms with E-state index in [1.165, 1.54) is 0 Å². The van der Waals surface area contributed by atoms with Gasteiger partial charge in [-0.05, 0) is 39.3 Å². The highest BCUT2D eigenvalue weighted by atomic mass is 35.5. The lowest BCUT2D eigenvalue weighted by atomic mass is 9.90. The fraction of sp³-hybridized carbons (Fsp3) is 0.750. The van der Waals surface area contributed by atoms with Crippen molar-refractivity contribution >= 4 is 18.3 Å². The maximum Gasteiger partial charge on any atom is 0.252 e. The number of rotatable bonds is 5. The van der Waals surface area contributed by atoms with Crippen molar-refractivity contribution in [2.24, 2.45) is 0 Å².